The second-order valence-electron chi connectivity index (χ2n) is 4.51. The molecule has 0 aliphatic heterocycles. The molecule has 3 N–H and O–H groups in total. The fourth-order valence-electron chi connectivity index (χ4n) is 1.49. The van der Waals surface area contributed by atoms with E-state index in [0.717, 1.165) is 6.07 Å². The number of rotatable bonds is 8. The zero-order valence-electron chi connectivity index (χ0n) is 11.9. The van der Waals surface area contributed by atoms with Crippen molar-refractivity contribution in [2.24, 2.45) is 0 Å². The summed E-state index contributed by atoms with van der Waals surface area (Å²) in [6.07, 6.45) is -0.138. The van der Waals surface area contributed by atoms with Gasteiger partial charge in [-0.25, -0.2) is 17.9 Å². The Hall–Kier alpha value is -1.64. The molecule has 1 aromatic rings. The third-order valence-electron chi connectivity index (χ3n) is 2.52. The predicted molar refractivity (Wildman–Crippen MR) is 76.1 cm³/mol. The van der Waals surface area contributed by atoms with E-state index in [4.69, 9.17) is 14.9 Å². The SMILES string of the molecule is CCCOc1ccc(S(=O)(=O)NCC(C)O)cc1C(=O)O. The molecule has 8 heteroatoms. The number of aliphatic hydroxyl groups is 1. The summed E-state index contributed by atoms with van der Waals surface area (Å²) in [6, 6.07) is 3.62. The molecule has 0 aliphatic carbocycles. The van der Waals surface area contributed by atoms with E-state index in [1.54, 1.807) is 0 Å². The fraction of sp³-hybridized carbons (Fsp3) is 0.462. The van der Waals surface area contributed by atoms with Crippen molar-refractivity contribution in [3.05, 3.63) is 23.8 Å². The molecule has 0 spiro atoms. The van der Waals surface area contributed by atoms with E-state index in [-0.39, 0.29) is 22.8 Å². The minimum atomic E-state index is -3.88. The molecule has 0 aliphatic rings. The van der Waals surface area contributed by atoms with Gasteiger partial charge in [-0.2, -0.15) is 0 Å². The largest absolute Gasteiger partial charge is 0.493 e. The fourth-order valence-corrected chi connectivity index (χ4v) is 2.64. The number of hydrogen-bond acceptors (Lipinski definition) is 5. The van der Waals surface area contributed by atoms with Gasteiger partial charge < -0.3 is 14.9 Å². The quantitative estimate of drug-likeness (QED) is 0.654. The first-order valence-corrected chi connectivity index (χ1v) is 7.94. The van der Waals surface area contributed by atoms with Gasteiger partial charge in [0.05, 0.1) is 17.6 Å². The molecule has 1 atom stereocenters. The zero-order valence-corrected chi connectivity index (χ0v) is 12.7. The van der Waals surface area contributed by atoms with E-state index in [1.807, 2.05) is 6.92 Å². The van der Waals surface area contributed by atoms with E-state index >= 15 is 0 Å². The Labute approximate surface area is 123 Å². The highest BCUT2D eigenvalue weighted by Crippen LogP contribution is 2.23. The molecule has 1 unspecified atom stereocenters. The number of hydrogen-bond donors (Lipinski definition) is 3. The van der Waals surface area contributed by atoms with Crippen molar-refractivity contribution >= 4 is 16.0 Å². The van der Waals surface area contributed by atoms with E-state index < -0.39 is 22.1 Å². The van der Waals surface area contributed by atoms with Gasteiger partial charge in [0, 0.05) is 6.54 Å². The Morgan fingerprint density at radius 1 is 1.43 bits per heavy atom. The average molecular weight is 317 g/mol. The molecule has 1 rings (SSSR count). The summed E-state index contributed by atoms with van der Waals surface area (Å²) in [4.78, 5) is 11.0. The van der Waals surface area contributed by atoms with E-state index in [9.17, 15) is 13.2 Å². The average Bonchev–Trinajstić information content (AvgIpc) is 2.42. The van der Waals surface area contributed by atoms with Crippen LogP contribution >= 0.6 is 0 Å². The number of nitrogens with one attached hydrogen (secondary N) is 1. The Balaban J connectivity index is 3.10. The molecular formula is C13H19NO6S. The smallest absolute Gasteiger partial charge is 0.339 e. The molecule has 0 fully saturated rings. The predicted octanol–water partition coefficient (Wildman–Crippen LogP) is 0.833. The highest BCUT2D eigenvalue weighted by Gasteiger charge is 2.19. The number of aliphatic hydroxyl groups excluding tert-OH is 1. The standard InChI is InChI=1S/C13H19NO6S/c1-3-6-20-12-5-4-10(7-11(12)13(16)17)21(18,19)14-8-9(2)15/h4-5,7,9,14-15H,3,6,8H2,1-2H3,(H,16,17). The molecule has 7 nitrogen and oxygen atoms in total. The van der Waals surface area contributed by atoms with Gasteiger partial charge in [0.25, 0.3) is 0 Å². The Bertz CT molecular complexity index is 597. The molecule has 118 valence electrons. The molecule has 0 bridgehead atoms. The van der Waals surface area contributed by atoms with Crippen LogP contribution in [-0.4, -0.2) is 43.9 Å². The van der Waals surface area contributed by atoms with Crippen LogP contribution in [0.1, 0.15) is 30.6 Å². The first-order chi connectivity index (χ1) is 9.77. The number of carbonyl (C=O) groups is 1. The maximum Gasteiger partial charge on any atom is 0.339 e. The third kappa shape index (κ3) is 5.00. The molecule has 1 aromatic carbocycles. The minimum Gasteiger partial charge on any atom is -0.493 e. The highest BCUT2D eigenvalue weighted by atomic mass is 32.2. The molecule has 0 radical (unpaired) electrons. The second-order valence-corrected chi connectivity index (χ2v) is 6.28. The van der Waals surface area contributed by atoms with Crippen LogP contribution in [0.5, 0.6) is 5.75 Å². The number of carboxylic acid groups (broad SMARTS) is 1. The van der Waals surface area contributed by atoms with Gasteiger partial charge in [0.1, 0.15) is 11.3 Å². The first-order valence-electron chi connectivity index (χ1n) is 6.45. The van der Waals surface area contributed by atoms with Crippen LogP contribution in [0.3, 0.4) is 0 Å². The summed E-state index contributed by atoms with van der Waals surface area (Å²) in [5.74, 6) is -1.15. The monoisotopic (exact) mass is 317 g/mol. The van der Waals surface area contributed by atoms with E-state index in [0.29, 0.717) is 13.0 Å². The van der Waals surface area contributed by atoms with Gasteiger partial charge >= 0.3 is 5.97 Å². The lowest BCUT2D eigenvalue weighted by Gasteiger charge is -2.12. The highest BCUT2D eigenvalue weighted by molar-refractivity contribution is 7.89. The van der Waals surface area contributed by atoms with Crippen LogP contribution in [0.4, 0.5) is 0 Å². The van der Waals surface area contributed by atoms with Gasteiger partial charge in [-0.1, -0.05) is 6.92 Å². The maximum atomic E-state index is 12.0. The summed E-state index contributed by atoms with van der Waals surface area (Å²) in [5.41, 5.74) is -0.219. The van der Waals surface area contributed by atoms with Crippen molar-refractivity contribution in [1.82, 2.24) is 4.72 Å². The summed E-state index contributed by atoms with van der Waals surface area (Å²) >= 11 is 0. The van der Waals surface area contributed by atoms with Crippen molar-refractivity contribution in [2.45, 2.75) is 31.3 Å². The first kappa shape index (κ1) is 17.4. The molecular weight excluding hydrogens is 298 g/mol. The van der Waals surface area contributed by atoms with Gasteiger partial charge in [-0.15, -0.1) is 0 Å². The lowest BCUT2D eigenvalue weighted by atomic mass is 10.2. The van der Waals surface area contributed by atoms with Crippen LogP contribution in [0.2, 0.25) is 0 Å². The normalized spacial score (nSPS) is 12.9. The maximum absolute atomic E-state index is 12.0. The zero-order chi connectivity index (χ0) is 16.0. The summed E-state index contributed by atoms with van der Waals surface area (Å²) < 4.78 is 31.4. The number of benzene rings is 1. The van der Waals surface area contributed by atoms with E-state index in [2.05, 4.69) is 4.72 Å². The lowest BCUT2D eigenvalue weighted by Crippen LogP contribution is -2.30. The molecule has 0 saturated heterocycles. The van der Waals surface area contributed by atoms with Crippen LogP contribution in [0, 0.1) is 0 Å². The van der Waals surface area contributed by atoms with Crippen molar-refractivity contribution in [2.75, 3.05) is 13.2 Å². The Morgan fingerprint density at radius 3 is 2.62 bits per heavy atom. The third-order valence-corrected chi connectivity index (χ3v) is 3.94. The Kier molecular flexibility index (Phi) is 6.13. The topological polar surface area (TPSA) is 113 Å². The molecule has 0 amide bonds. The number of ether oxygens (including phenoxy) is 1. The molecule has 21 heavy (non-hydrogen) atoms. The van der Waals surface area contributed by atoms with E-state index in [1.165, 1.54) is 19.1 Å². The van der Waals surface area contributed by atoms with Crippen LogP contribution in [-0.2, 0) is 10.0 Å². The van der Waals surface area contributed by atoms with Crippen molar-refractivity contribution in [1.29, 1.82) is 0 Å². The molecule has 0 saturated carbocycles. The summed E-state index contributed by atoms with van der Waals surface area (Å²) in [7, 11) is -3.88. The van der Waals surface area contributed by atoms with Gasteiger partial charge in [-0.05, 0) is 31.5 Å². The number of carboxylic acids is 1. The van der Waals surface area contributed by atoms with Gasteiger partial charge in [0.2, 0.25) is 10.0 Å². The van der Waals surface area contributed by atoms with Gasteiger partial charge in [0.15, 0.2) is 0 Å². The number of aromatic carboxylic acids is 1. The molecule has 0 aromatic heterocycles. The van der Waals surface area contributed by atoms with Crippen LogP contribution in [0.25, 0.3) is 0 Å². The van der Waals surface area contributed by atoms with Crippen LogP contribution < -0.4 is 9.46 Å². The minimum absolute atomic E-state index is 0.124. The van der Waals surface area contributed by atoms with Gasteiger partial charge in [-0.3, -0.25) is 0 Å². The Morgan fingerprint density at radius 2 is 2.10 bits per heavy atom. The summed E-state index contributed by atoms with van der Waals surface area (Å²) in [6.45, 7) is 3.50. The second kappa shape index (κ2) is 7.39. The van der Waals surface area contributed by atoms with Crippen LogP contribution in [0.15, 0.2) is 23.1 Å². The van der Waals surface area contributed by atoms with Crippen molar-refractivity contribution in [3.63, 3.8) is 0 Å². The molecule has 0 heterocycles. The lowest BCUT2D eigenvalue weighted by molar-refractivity contribution is 0.0692. The summed E-state index contributed by atoms with van der Waals surface area (Å²) in [5, 5.41) is 18.2. The van der Waals surface area contributed by atoms with Crippen molar-refractivity contribution in [3.8, 4) is 5.75 Å². The van der Waals surface area contributed by atoms with Crippen molar-refractivity contribution < 1.29 is 28.2 Å². The number of sulfonamides is 1.